The van der Waals surface area contributed by atoms with Gasteiger partial charge in [-0.3, -0.25) is 23.6 Å². The van der Waals surface area contributed by atoms with Crippen molar-refractivity contribution in [2.75, 3.05) is 60.8 Å². The quantitative estimate of drug-likeness (QED) is 0.314. The molecule has 3 heterocycles. The van der Waals surface area contributed by atoms with Crippen LogP contribution < -0.4 is 26.1 Å². The van der Waals surface area contributed by atoms with Gasteiger partial charge in [0.05, 0.1) is 23.6 Å². The molecule has 1 aromatic heterocycles. The van der Waals surface area contributed by atoms with E-state index < -0.39 is 47.6 Å². The molecule has 1 atom stereocenters. The lowest BCUT2D eigenvalue weighted by atomic mass is 9.96. The molecule has 41 heavy (non-hydrogen) atoms. The van der Waals surface area contributed by atoms with E-state index in [1.54, 1.807) is 4.90 Å². The van der Waals surface area contributed by atoms with Crippen LogP contribution in [0.5, 0.6) is 0 Å². The minimum atomic E-state index is -2.91. The highest BCUT2D eigenvalue weighted by atomic mass is 35.5. The number of carbonyl (C=O) groups excluding carboxylic acids is 1. The van der Waals surface area contributed by atoms with Gasteiger partial charge in [0, 0.05) is 53.4 Å². The minimum absolute atomic E-state index is 0.0212. The van der Waals surface area contributed by atoms with Crippen molar-refractivity contribution in [1.29, 1.82) is 0 Å². The lowest BCUT2D eigenvalue weighted by molar-refractivity contribution is -0.172. The minimum Gasteiger partial charge on any atom is -0.481 e. The first-order chi connectivity index (χ1) is 19.3. The van der Waals surface area contributed by atoms with Crippen molar-refractivity contribution in [3.05, 3.63) is 50.1 Å². The van der Waals surface area contributed by atoms with E-state index in [-0.39, 0.29) is 18.2 Å². The largest absolute Gasteiger partial charge is 0.481 e. The fraction of sp³-hybridized carbons (Fsp3) is 0.480. The van der Waals surface area contributed by atoms with E-state index in [4.69, 9.17) is 21.5 Å². The van der Waals surface area contributed by atoms with Gasteiger partial charge >= 0.3 is 23.6 Å². The first-order valence-electron chi connectivity index (χ1n) is 12.7. The summed E-state index contributed by atoms with van der Waals surface area (Å²) in [5.41, 5.74) is -3.13. The molecule has 3 N–H and O–H groups in total. The Kier molecular flexibility index (Phi) is 8.60. The van der Waals surface area contributed by atoms with Gasteiger partial charge in [-0.2, -0.15) is 5.06 Å². The molecule has 0 spiro atoms. The zero-order valence-electron chi connectivity index (χ0n) is 22.5. The molecule has 4 rings (SSSR count). The molecule has 1 saturated heterocycles. The molecule has 2 aliphatic heterocycles. The lowest BCUT2D eigenvalue weighted by Gasteiger charge is -2.37. The van der Waals surface area contributed by atoms with Crippen molar-refractivity contribution in [3.8, 4) is 0 Å². The van der Waals surface area contributed by atoms with Crippen LogP contribution in [0.4, 0.5) is 17.2 Å². The van der Waals surface area contributed by atoms with E-state index in [9.17, 15) is 34.2 Å². The van der Waals surface area contributed by atoms with Crippen molar-refractivity contribution in [2.24, 2.45) is 14.1 Å². The Morgan fingerprint density at radius 3 is 2.24 bits per heavy atom. The molecule has 0 radical (unpaired) electrons. The molecule has 0 aliphatic carbocycles. The van der Waals surface area contributed by atoms with Crippen LogP contribution in [0, 0.1) is 0 Å². The summed E-state index contributed by atoms with van der Waals surface area (Å²) in [7, 11) is 2.71. The Bertz CT molecular complexity index is 1470. The van der Waals surface area contributed by atoms with E-state index in [0.29, 0.717) is 18.1 Å². The van der Waals surface area contributed by atoms with Crippen molar-refractivity contribution >= 4 is 46.7 Å². The molecule has 0 bridgehead atoms. The van der Waals surface area contributed by atoms with E-state index in [1.165, 1.54) is 14.1 Å². The Hall–Kier alpha value is -4.08. The van der Waals surface area contributed by atoms with Crippen LogP contribution >= 0.6 is 11.6 Å². The molecule has 2 aliphatic rings. The van der Waals surface area contributed by atoms with Gasteiger partial charge in [0.2, 0.25) is 0 Å². The van der Waals surface area contributed by atoms with Gasteiger partial charge in [0.1, 0.15) is 12.4 Å². The maximum absolute atomic E-state index is 13.1. The summed E-state index contributed by atoms with van der Waals surface area (Å²) < 4.78 is 2.04. The zero-order chi connectivity index (χ0) is 30.1. The molecular formula is C25H31ClN6O9. The third kappa shape index (κ3) is 6.16. The molecule has 16 heteroatoms. The predicted molar refractivity (Wildman–Crippen MR) is 147 cm³/mol. The second-order valence-electron chi connectivity index (χ2n) is 9.99. The van der Waals surface area contributed by atoms with Crippen molar-refractivity contribution in [3.63, 3.8) is 0 Å². The fourth-order valence-electron chi connectivity index (χ4n) is 4.97. The highest BCUT2D eigenvalue weighted by Crippen LogP contribution is 2.32. The maximum atomic E-state index is 13.1. The normalized spacial score (nSPS) is 16.8. The molecule has 222 valence electrons. The number of aliphatic carboxylic acids is 2. The van der Waals surface area contributed by atoms with Crippen LogP contribution in [0.1, 0.15) is 12.8 Å². The molecule has 2 aromatic rings. The summed E-state index contributed by atoms with van der Waals surface area (Å²) in [5.74, 6) is -4.81. The van der Waals surface area contributed by atoms with Crippen LogP contribution in [0.2, 0.25) is 5.02 Å². The molecule has 0 saturated carbocycles. The Balaban J connectivity index is 1.48. The van der Waals surface area contributed by atoms with Crippen molar-refractivity contribution in [1.82, 2.24) is 14.0 Å². The number of aromatic nitrogens is 2. The summed E-state index contributed by atoms with van der Waals surface area (Å²) in [6.45, 7) is 3.66. The van der Waals surface area contributed by atoms with Crippen LogP contribution in [0.25, 0.3) is 0 Å². The van der Waals surface area contributed by atoms with Gasteiger partial charge in [-0.25, -0.2) is 14.4 Å². The summed E-state index contributed by atoms with van der Waals surface area (Å²) in [4.78, 5) is 72.2. The smallest absolute Gasteiger partial charge is 0.336 e. The average molecular weight is 595 g/mol. The molecule has 0 amide bonds. The monoisotopic (exact) mass is 594 g/mol. The molecule has 1 fully saturated rings. The summed E-state index contributed by atoms with van der Waals surface area (Å²) in [5, 5.41) is 30.1. The van der Waals surface area contributed by atoms with Crippen LogP contribution in [-0.2, 0) is 33.3 Å². The summed E-state index contributed by atoms with van der Waals surface area (Å²) in [6, 6.07) is 7.61. The number of fused-ring (bicyclic) bond motifs is 1. The van der Waals surface area contributed by atoms with Crippen LogP contribution in [0.15, 0.2) is 33.9 Å². The lowest BCUT2D eigenvalue weighted by Crippen LogP contribution is -2.49. The first-order valence-corrected chi connectivity index (χ1v) is 13.1. The Morgan fingerprint density at radius 1 is 0.976 bits per heavy atom. The number of anilines is 3. The number of carbonyl (C=O) groups is 3. The first kappa shape index (κ1) is 29.9. The number of hydroxylamine groups is 1. The van der Waals surface area contributed by atoms with E-state index in [0.717, 1.165) is 46.1 Å². The molecule has 1 aromatic carbocycles. The summed E-state index contributed by atoms with van der Waals surface area (Å²) >= 11 is 6.34. The van der Waals surface area contributed by atoms with Gasteiger partial charge in [-0.1, -0.05) is 23.7 Å². The number of para-hydroxylation sites is 1. The third-order valence-corrected chi connectivity index (χ3v) is 7.52. The van der Waals surface area contributed by atoms with E-state index >= 15 is 0 Å². The zero-order valence-corrected chi connectivity index (χ0v) is 23.3. The fourth-order valence-corrected chi connectivity index (χ4v) is 5.22. The van der Waals surface area contributed by atoms with Crippen molar-refractivity contribution < 1.29 is 34.5 Å². The van der Waals surface area contributed by atoms with E-state index in [1.807, 2.05) is 24.3 Å². The standard InChI is InChI=1S/C25H31ClN6O9/c1-27-21-20(22(36)28(2)24(27)39)31(15-32(21)41-19(35)14-25(40,23(37)38)13-18(33)34)12-9-29-7-10-30(11-8-29)17-6-4-3-5-16(17)26/h3-6,40H,7-15H2,1-2H3,(H,33,34)(H,37,38). The van der Waals surface area contributed by atoms with Gasteiger partial charge in [-0.15, -0.1) is 0 Å². The predicted octanol–water partition coefficient (Wildman–Crippen LogP) is -0.718. The molecular weight excluding hydrogens is 564 g/mol. The number of rotatable bonds is 10. The average Bonchev–Trinajstić information content (AvgIpc) is 3.27. The highest BCUT2D eigenvalue weighted by Gasteiger charge is 2.43. The number of piperazine rings is 1. The summed E-state index contributed by atoms with van der Waals surface area (Å²) in [6.07, 6.45) is -2.40. The van der Waals surface area contributed by atoms with Gasteiger partial charge in [0.25, 0.3) is 5.56 Å². The number of nitrogens with zero attached hydrogens (tertiary/aromatic N) is 6. The van der Waals surface area contributed by atoms with E-state index in [2.05, 4.69) is 9.80 Å². The highest BCUT2D eigenvalue weighted by molar-refractivity contribution is 6.33. The van der Waals surface area contributed by atoms with Gasteiger partial charge < -0.3 is 30.0 Å². The van der Waals surface area contributed by atoms with Gasteiger partial charge in [-0.05, 0) is 12.1 Å². The molecule has 1 unspecified atom stereocenters. The Labute approximate surface area is 238 Å². The second kappa shape index (κ2) is 11.8. The van der Waals surface area contributed by atoms with Crippen LogP contribution in [0.3, 0.4) is 0 Å². The van der Waals surface area contributed by atoms with Crippen molar-refractivity contribution in [2.45, 2.75) is 18.4 Å². The number of carboxylic acids is 2. The second-order valence-corrected chi connectivity index (χ2v) is 10.4. The number of aliphatic hydroxyl groups is 1. The third-order valence-electron chi connectivity index (χ3n) is 7.20. The topological polar surface area (TPSA) is 178 Å². The number of halogens is 1. The number of benzene rings is 1. The SMILES string of the molecule is Cn1c2c(c(=O)n(C)c1=O)N(CCN1CCN(c3ccccc3Cl)CC1)CN2OC(=O)CC(O)(CC(=O)O)C(=O)O. The van der Waals surface area contributed by atoms with Gasteiger partial charge in [0.15, 0.2) is 11.4 Å². The number of carboxylic acid groups (broad SMARTS) is 2. The number of hydrogen-bond acceptors (Lipinski definition) is 11. The maximum Gasteiger partial charge on any atom is 0.336 e. The number of hydrogen-bond donors (Lipinski definition) is 3. The Morgan fingerprint density at radius 2 is 1.63 bits per heavy atom. The molecule has 15 nitrogen and oxygen atoms in total. The van der Waals surface area contributed by atoms with Crippen LogP contribution in [-0.4, -0.2) is 98.8 Å².